The van der Waals surface area contributed by atoms with Crippen molar-refractivity contribution in [1.29, 1.82) is 0 Å². The highest BCUT2D eigenvalue weighted by Crippen LogP contribution is 2.25. The van der Waals surface area contributed by atoms with Gasteiger partial charge >= 0.3 is 11.7 Å². The van der Waals surface area contributed by atoms with Crippen LogP contribution in [0.25, 0.3) is 5.65 Å². The van der Waals surface area contributed by atoms with E-state index < -0.39 is 5.97 Å². The molecule has 0 fully saturated rings. The number of carboxylic acid groups (broad SMARTS) is 1. The summed E-state index contributed by atoms with van der Waals surface area (Å²) >= 11 is 1.26. The molecule has 0 unspecified atom stereocenters. The maximum Gasteiger partial charge on any atom is 0.349 e. The number of carbonyl (C=O) groups is 1. The van der Waals surface area contributed by atoms with Crippen LogP contribution in [0.2, 0.25) is 0 Å². The van der Waals surface area contributed by atoms with Crippen molar-refractivity contribution < 1.29 is 9.90 Å². The fraction of sp³-hybridized carbons (Fsp3) is 0.0833. The number of rotatable bonds is 3. The third-order valence-electron chi connectivity index (χ3n) is 2.74. The van der Waals surface area contributed by atoms with Gasteiger partial charge in [-0.15, -0.1) is 0 Å². The Hall–Kier alpha value is -2.68. The Bertz CT molecular complexity index is 884. The second kappa shape index (κ2) is 5.02. The highest BCUT2D eigenvalue weighted by Gasteiger charge is 2.09. The first-order chi connectivity index (χ1) is 10.0. The lowest BCUT2D eigenvalue weighted by Crippen LogP contribution is -2.13. The van der Waals surface area contributed by atoms with Gasteiger partial charge in [-0.25, -0.2) is 29.1 Å². The number of hydrogen-bond acceptors (Lipinski definition) is 6. The van der Waals surface area contributed by atoms with E-state index in [-0.39, 0.29) is 11.3 Å². The third-order valence-corrected chi connectivity index (χ3v) is 3.61. The number of hydrogen-bond donors (Lipinski definition) is 2. The Morgan fingerprint density at radius 1 is 1.38 bits per heavy atom. The average Bonchev–Trinajstić information content (AvgIpc) is 2.81. The minimum absolute atomic E-state index is 0.123. The van der Waals surface area contributed by atoms with Crippen LogP contribution < -0.4 is 5.69 Å². The molecule has 2 N–H and O–H groups in total. The number of nitrogens with zero attached hydrogens (tertiary/aromatic N) is 4. The molecule has 21 heavy (non-hydrogen) atoms. The summed E-state index contributed by atoms with van der Waals surface area (Å²) in [6.45, 7) is 1.70. The molecule has 0 spiro atoms. The van der Waals surface area contributed by atoms with Crippen LogP contribution in [-0.2, 0) is 0 Å². The molecule has 0 saturated heterocycles. The molecule has 0 radical (unpaired) electrons. The van der Waals surface area contributed by atoms with E-state index >= 15 is 0 Å². The molecule has 0 bridgehead atoms. The van der Waals surface area contributed by atoms with Crippen molar-refractivity contribution in [3.05, 3.63) is 46.3 Å². The highest BCUT2D eigenvalue weighted by atomic mass is 32.2. The summed E-state index contributed by atoms with van der Waals surface area (Å²) in [6, 6.07) is 4.73. The summed E-state index contributed by atoms with van der Waals surface area (Å²) < 4.78 is 1.37. The Balaban J connectivity index is 1.94. The maximum absolute atomic E-state index is 11.5. The van der Waals surface area contributed by atoms with Crippen LogP contribution in [0.1, 0.15) is 16.2 Å². The van der Waals surface area contributed by atoms with Gasteiger partial charge in [0.05, 0.1) is 5.56 Å². The molecule has 0 aliphatic heterocycles. The summed E-state index contributed by atoms with van der Waals surface area (Å²) in [7, 11) is 0. The minimum atomic E-state index is -1.02. The second-order valence-corrected chi connectivity index (χ2v) is 5.20. The van der Waals surface area contributed by atoms with E-state index in [0.717, 1.165) is 0 Å². The van der Waals surface area contributed by atoms with E-state index in [1.807, 2.05) is 0 Å². The normalized spacial score (nSPS) is 10.9. The van der Waals surface area contributed by atoms with E-state index in [2.05, 4.69) is 20.2 Å². The predicted octanol–water partition coefficient (Wildman–Crippen LogP) is 0.970. The molecular formula is C12H9N5O3S. The first-order valence-electron chi connectivity index (χ1n) is 5.86. The topological polar surface area (TPSA) is 113 Å². The predicted molar refractivity (Wildman–Crippen MR) is 73.7 cm³/mol. The van der Waals surface area contributed by atoms with Crippen LogP contribution >= 0.6 is 11.8 Å². The molecule has 3 rings (SSSR count). The van der Waals surface area contributed by atoms with E-state index in [9.17, 15) is 9.59 Å². The standard InChI is InChI=1S/C12H9N5O3S/c1-6-14-10(4-8-15-16-12(20)17(6)8)21-9-3-2-7(5-13-9)11(18)19/h2-5H,1H3,(H,16,20)(H,18,19). The van der Waals surface area contributed by atoms with Gasteiger partial charge in [-0.05, 0) is 30.8 Å². The molecule has 0 aliphatic rings. The fourth-order valence-electron chi connectivity index (χ4n) is 1.80. The Morgan fingerprint density at radius 3 is 2.86 bits per heavy atom. The van der Waals surface area contributed by atoms with Gasteiger partial charge in [-0.1, -0.05) is 0 Å². The Morgan fingerprint density at radius 2 is 2.19 bits per heavy atom. The molecule has 0 aromatic carbocycles. The van der Waals surface area contributed by atoms with Gasteiger partial charge in [-0.2, -0.15) is 5.10 Å². The number of pyridine rings is 1. The summed E-state index contributed by atoms with van der Waals surface area (Å²) in [5, 5.41) is 16.3. The Kier molecular flexibility index (Phi) is 3.18. The molecule has 8 nitrogen and oxygen atoms in total. The van der Waals surface area contributed by atoms with Gasteiger partial charge in [0.1, 0.15) is 15.9 Å². The zero-order valence-corrected chi connectivity index (χ0v) is 11.6. The molecule has 0 amide bonds. The van der Waals surface area contributed by atoms with E-state index in [4.69, 9.17) is 5.11 Å². The van der Waals surface area contributed by atoms with Crippen LogP contribution in [0.3, 0.4) is 0 Å². The van der Waals surface area contributed by atoms with Crippen molar-refractivity contribution in [1.82, 2.24) is 24.6 Å². The first-order valence-corrected chi connectivity index (χ1v) is 6.68. The molecule has 3 aromatic heterocycles. The van der Waals surface area contributed by atoms with E-state index in [0.29, 0.717) is 21.5 Å². The largest absolute Gasteiger partial charge is 0.478 e. The zero-order chi connectivity index (χ0) is 15.0. The van der Waals surface area contributed by atoms with E-state index in [1.54, 1.807) is 19.1 Å². The van der Waals surface area contributed by atoms with Gasteiger partial charge < -0.3 is 5.11 Å². The third kappa shape index (κ3) is 2.50. The fourth-order valence-corrected chi connectivity index (χ4v) is 2.60. The Labute approximate surface area is 121 Å². The smallest absolute Gasteiger partial charge is 0.349 e. The van der Waals surface area contributed by atoms with Gasteiger partial charge in [0.2, 0.25) is 0 Å². The van der Waals surface area contributed by atoms with Crippen LogP contribution in [0.4, 0.5) is 0 Å². The number of carboxylic acids is 1. The number of aryl methyl sites for hydroxylation is 1. The van der Waals surface area contributed by atoms with Crippen molar-refractivity contribution in [2.45, 2.75) is 17.0 Å². The van der Waals surface area contributed by atoms with Crippen molar-refractivity contribution >= 4 is 23.4 Å². The van der Waals surface area contributed by atoms with Gasteiger partial charge in [0.15, 0.2) is 5.65 Å². The second-order valence-electron chi connectivity index (χ2n) is 4.16. The first kappa shape index (κ1) is 13.3. The van der Waals surface area contributed by atoms with Gasteiger partial charge in [0.25, 0.3) is 0 Å². The van der Waals surface area contributed by atoms with Crippen molar-refractivity contribution in [3.63, 3.8) is 0 Å². The average molecular weight is 303 g/mol. The molecule has 0 aliphatic carbocycles. The van der Waals surface area contributed by atoms with Crippen LogP contribution in [0.5, 0.6) is 0 Å². The van der Waals surface area contributed by atoms with Crippen LogP contribution in [-0.4, -0.2) is 35.6 Å². The summed E-state index contributed by atoms with van der Waals surface area (Å²) in [5.74, 6) is -0.513. The van der Waals surface area contributed by atoms with E-state index in [1.165, 1.54) is 28.4 Å². The van der Waals surface area contributed by atoms with Gasteiger partial charge in [-0.3, -0.25) is 0 Å². The summed E-state index contributed by atoms with van der Waals surface area (Å²) in [4.78, 5) is 30.6. The lowest BCUT2D eigenvalue weighted by molar-refractivity contribution is 0.0696. The lowest BCUT2D eigenvalue weighted by atomic mass is 10.3. The van der Waals surface area contributed by atoms with Crippen LogP contribution in [0, 0.1) is 6.92 Å². The number of H-pyrrole nitrogens is 1. The maximum atomic E-state index is 11.5. The summed E-state index contributed by atoms with van der Waals surface area (Å²) in [5.41, 5.74) is 0.255. The quantitative estimate of drug-likeness (QED) is 0.693. The molecule has 0 saturated carbocycles. The molecule has 0 atom stereocenters. The molecule has 3 heterocycles. The number of aromatic carboxylic acids is 1. The zero-order valence-electron chi connectivity index (χ0n) is 10.8. The van der Waals surface area contributed by atoms with Crippen molar-refractivity contribution in [2.24, 2.45) is 0 Å². The SMILES string of the molecule is Cc1nc(Sc2ccc(C(=O)O)cn2)cc2n[nH]c(=O)n12. The van der Waals surface area contributed by atoms with Crippen LogP contribution in [0.15, 0.2) is 39.2 Å². The molecule has 3 aromatic rings. The molecule has 9 heteroatoms. The van der Waals surface area contributed by atoms with Crippen molar-refractivity contribution in [2.75, 3.05) is 0 Å². The number of fused-ring (bicyclic) bond motifs is 1. The lowest BCUT2D eigenvalue weighted by Gasteiger charge is -2.03. The highest BCUT2D eigenvalue weighted by molar-refractivity contribution is 7.99. The number of nitrogens with one attached hydrogen (secondary N) is 1. The summed E-state index contributed by atoms with van der Waals surface area (Å²) in [6.07, 6.45) is 1.29. The van der Waals surface area contributed by atoms with Crippen molar-refractivity contribution in [3.8, 4) is 0 Å². The number of aromatic nitrogens is 5. The molecular weight excluding hydrogens is 294 g/mol. The molecule has 106 valence electrons. The number of aromatic amines is 1. The minimum Gasteiger partial charge on any atom is -0.478 e. The van der Waals surface area contributed by atoms with Gasteiger partial charge in [0, 0.05) is 12.3 Å². The monoisotopic (exact) mass is 303 g/mol.